The average Bonchev–Trinajstić information content (AvgIpc) is 2.92. The maximum Gasteiger partial charge on any atom is 0.228 e. The first-order valence-corrected chi connectivity index (χ1v) is 8.64. The Hall–Kier alpha value is -1.99. The lowest BCUT2D eigenvalue weighted by atomic mass is 9.78. The third kappa shape index (κ3) is 3.67. The van der Waals surface area contributed by atoms with Crippen molar-refractivity contribution >= 4 is 16.9 Å². The quantitative estimate of drug-likeness (QED) is 0.828. The fourth-order valence-electron chi connectivity index (χ4n) is 3.53. The van der Waals surface area contributed by atoms with Crippen LogP contribution in [0.1, 0.15) is 18.7 Å². The Morgan fingerprint density at radius 3 is 2.92 bits per heavy atom. The predicted molar refractivity (Wildman–Crippen MR) is 93.8 cm³/mol. The summed E-state index contributed by atoms with van der Waals surface area (Å²) in [7, 11) is 3.50. The third-order valence-electron chi connectivity index (χ3n) is 5.03. The summed E-state index contributed by atoms with van der Waals surface area (Å²) >= 11 is 0. The fourth-order valence-corrected chi connectivity index (χ4v) is 3.53. The number of hydrogen-bond donors (Lipinski definition) is 2. The first kappa shape index (κ1) is 17.8. The Morgan fingerprint density at radius 2 is 2.20 bits per heavy atom. The van der Waals surface area contributed by atoms with E-state index in [-0.39, 0.29) is 11.7 Å². The minimum absolute atomic E-state index is 0.0423. The molecular weight excluding hydrogens is 323 g/mol. The molecule has 0 saturated carbocycles. The molecule has 6 nitrogen and oxygen atoms in total. The van der Waals surface area contributed by atoms with Crippen molar-refractivity contribution in [2.75, 3.05) is 33.4 Å². The Balaban J connectivity index is 1.64. The molecule has 1 saturated heterocycles. The van der Waals surface area contributed by atoms with Gasteiger partial charge in [0.25, 0.3) is 0 Å². The second-order valence-corrected chi connectivity index (χ2v) is 6.69. The number of aromatic nitrogens is 2. The maximum absolute atomic E-state index is 13.4. The van der Waals surface area contributed by atoms with Crippen molar-refractivity contribution in [1.82, 2.24) is 20.2 Å². The SMILES string of the molecule is COCC1(C(=O)NCCc2nc3ccc(F)cc3n2C)CCNCC1. The normalized spacial score (nSPS) is 16.9. The summed E-state index contributed by atoms with van der Waals surface area (Å²) in [6.45, 7) is 2.59. The van der Waals surface area contributed by atoms with Crippen LogP contribution in [-0.4, -0.2) is 48.8 Å². The Labute approximate surface area is 146 Å². The standard InChI is InChI=1S/C18H25FN4O2/c1-23-15-11-13(19)3-4-14(15)22-16(23)5-8-21-17(24)18(12-25-2)6-9-20-10-7-18/h3-4,11,20H,5-10,12H2,1-2H3,(H,21,24). The van der Waals surface area contributed by atoms with Crippen molar-refractivity contribution in [3.8, 4) is 0 Å². The van der Waals surface area contributed by atoms with Gasteiger partial charge in [-0.3, -0.25) is 4.79 Å². The molecule has 1 aromatic carbocycles. The Bertz CT molecular complexity index is 747. The van der Waals surface area contributed by atoms with Crippen molar-refractivity contribution in [1.29, 1.82) is 0 Å². The molecule has 2 N–H and O–H groups in total. The first-order chi connectivity index (χ1) is 12.1. The van der Waals surface area contributed by atoms with Gasteiger partial charge in [-0.15, -0.1) is 0 Å². The van der Waals surface area contributed by atoms with Crippen LogP contribution in [0.15, 0.2) is 18.2 Å². The lowest BCUT2D eigenvalue weighted by Gasteiger charge is -2.35. The van der Waals surface area contributed by atoms with Gasteiger partial charge >= 0.3 is 0 Å². The monoisotopic (exact) mass is 348 g/mol. The van der Waals surface area contributed by atoms with E-state index < -0.39 is 5.41 Å². The van der Waals surface area contributed by atoms with Crippen LogP contribution < -0.4 is 10.6 Å². The zero-order chi connectivity index (χ0) is 17.9. The zero-order valence-electron chi connectivity index (χ0n) is 14.8. The molecule has 0 spiro atoms. The van der Waals surface area contributed by atoms with Gasteiger partial charge in [0.05, 0.1) is 23.1 Å². The molecule has 1 fully saturated rings. The minimum atomic E-state index is -0.449. The van der Waals surface area contributed by atoms with E-state index >= 15 is 0 Å². The molecule has 1 aliphatic rings. The molecule has 1 aliphatic heterocycles. The molecular formula is C18H25FN4O2. The number of rotatable bonds is 6. The molecule has 1 aromatic heterocycles. The molecule has 136 valence electrons. The van der Waals surface area contributed by atoms with E-state index in [1.807, 2.05) is 11.6 Å². The molecule has 7 heteroatoms. The van der Waals surface area contributed by atoms with E-state index in [2.05, 4.69) is 15.6 Å². The summed E-state index contributed by atoms with van der Waals surface area (Å²) in [5, 5.41) is 6.32. The number of nitrogens with zero attached hydrogens (tertiary/aromatic N) is 2. The van der Waals surface area contributed by atoms with E-state index in [1.165, 1.54) is 12.1 Å². The molecule has 0 aliphatic carbocycles. The van der Waals surface area contributed by atoms with Crippen molar-refractivity contribution in [2.45, 2.75) is 19.3 Å². The van der Waals surface area contributed by atoms with Gasteiger partial charge in [0.1, 0.15) is 11.6 Å². The summed E-state index contributed by atoms with van der Waals surface area (Å²) in [6, 6.07) is 4.56. The zero-order valence-corrected chi connectivity index (χ0v) is 14.8. The molecule has 2 heterocycles. The second-order valence-electron chi connectivity index (χ2n) is 6.69. The lowest BCUT2D eigenvalue weighted by molar-refractivity contribution is -0.136. The average molecular weight is 348 g/mol. The number of nitrogens with one attached hydrogen (secondary N) is 2. The molecule has 0 atom stereocenters. The lowest BCUT2D eigenvalue weighted by Crippen LogP contribution is -2.50. The largest absolute Gasteiger partial charge is 0.384 e. The molecule has 0 radical (unpaired) electrons. The number of imidazole rings is 1. The number of benzene rings is 1. The number of carbonyl (C=O) groups excluding carboxylic acids is 1. The van der Waals surface area contributed by atoms with Crippen LogP contribution in [0.2, 0.25) is 0 Å². The van der Waals surface area contributed by atoms with Crippen molar-refractivity contribution in [3.05, 3.63) is 29.8 Å². The summed E-state index contributed by atoms with van der Waals surface area (Å²) in [6.07, 6.45) is 2.15. The van der Waals surface area contributed by atoms with Crippen LogP contribution in [0.5, 0.6) is 0 Å². The topological polar surface area (TPSA) is 68.2 Å². The van der Waals surface area contributed by atoms with Crippen LogP contribution in [-0.2, 0) is 23.0 Å². The number of fused-ring (bicyclic) bond motifs is 1. The summed E-state index contributed by atoms with van der Waals surface area (Å²) in [4.78, 5) is 17.2. The number of aryl methyl sites for hydroxylation is 1. The van der Waals surface area contributed by atoms with E-state index in [0.29, 0.717) is 19.6 Å². The predicted octanol–water partition coefficient (Wildman–Crippen LogP) is 1.39. The molecule has 0 bridgehead atoms. The van der Waals surface area contributed by atoms with E-state index in [0.717, 1.165) is 42.8 Å². The molecule has 25 heavy (non-hydrogen) atoms. The number of carbonyl (C=O) groups is 1. The first-order valence-electron chi connectivity index (χ1n) is 8.64. The van der Waals surface area contributed by atoms with Gasteiger partial charge in [-0.1, -0.05) is 0 Å². The number of halogens is 1. The van der Waals surface area contributed by atoms with Crippen LogP contribution in [0.4, 0.5) is 4.39 Å². The number of amides is 1. The van der Waals surface area contributed by atoms with Crippen molar-refractivity contribution in [2.24, 2.45) is 12.5 Å². The van der Waals surface area contributed by atoms with Crippen LogP contribution >= 0.6 is 0 Å². The van der Waals surface area contributed by atoms with Gasteiger partial charge in [-0.25, -0.2) is 9.37 Å². The fraction of sp³-hybridized carbons (Fsp3) is 0.556. The number of hydrogen-bond acceptors (Lipinski definition) is 4. The maximum atomic E-state index is 13.4. The molecule has 3 rings (SSSR count). The summed E-state index contributed by atoms with van der Waals surface area (Å²) in [5.74, 6) is 0.593. The third-order valence-corrected chi connectivity index (χ3v) is 5.03. The summed E-state index contributed by atoms with van der Waals surface area (Å²) < 4.78 is 20.6. The Kier molecular flexibility index (Phi) is 5.34. The van der Waals surface area contributed by atoms with Crippen LogP contribution in [0.3, 0.4) is 0 Å². The molecule has 2 aromatic rings. The molecule has 0 unspecified atom stereocenters. The highest BCUT2D eigenvalue weighted by Gasteiger charge is 2.39. The van der Waals surface area contributed by atoms with E-state index in [4.69, 9.17) is 4.74 Å². The second kappa shape index (κ2) is 7.49. The summed E-state index contributed by atoms with van der Waals surface area (Å²) in [5.41, 5.74) is 1.07. The van der Waals surface area contributed by atoms with Gasteiger partial charge in [0.2, 0.25) is 5.91 Å². The minimum Gasteiger partial charge on any atom is -0.384 e. The van der Waals surface area contributed by atoms with Crippen molar-refractivity contribution in [3.63, 3.8) is 0 Å². The van der Waals surface area contributed by atoms with Crippen molar-refractivity contribution < 1.29 is 13.9 Å². The highest BCUT2D eigenvalue weighted by atomic mass is 19.1. The number of methoxy groups -OCH3 is 1. The van der Waals surface area contributed by atoms with E-state index in [1.54, 1.807) is 13.2 Å². The van der Waals surface area contributed by atoms with Gasteiger partial charge in [0.15, 0.2) is 0 Å². The highest BCUT2D eigenvalue weighted by molar-refractivity contribution is 5.83. The van der Waals surface area contributed by atoms with Gasteiger partial charge in [-0.05, 0) is 44.1 Å². The van der Waals surface area contributed by atoms with Crippen LogP contribution in [0, 0.1) is 11.2 Å². The Morgan fingerprint density at radius 1 is 1.44 bits per heavy atom. The molecule has 1 amide bonds. The van der Waals surface area contributed by atoms with Gasteiger partial charge in [0, 0.05) is 27.1 Å². The smallest absolute Gasteiger partial charge is 0.228 e. The highest BCUT2D eigenvalue weighted by Crippen LogP contribution is 2.29. The number of piperidine rings is 1. The number of ether oxygens (including phenoxy) is 1. The van der Waals surface area contributed by atoms with E-state index in [9.17, 15) is 9.18 Å². The van der Waals surface area contributed by atoms with Gasteiger partial charge < -0.3 is 19.9 Å². The van der Waals surface area contributed by atoms with Gasteiger partial charge in [-0.2, -0.15) is 0 Å². The van der Waals surface area contributed by atoms with Crippen LogP contribution in [0.25, 0.3) is 11.0 Å².